The van der Waals surface area contributed by atoms with Gasteiger partial charge in [0.2, 0.25) is 0 Å². The number of likely N-dealkylation sites (tertiary alicyclic amines) is 1. The number of hydrogen-bond donors (Lipinski definition) is 1. The van der Waals surface area contributed by atoms with E-state index >= 15 is 0 Å². The second-order valence-corrected chi connectivity index (χ2v) is 4.66. The number of nitrogens with one attached hydrogen (secondary N) is 1. The fourth-order valence-corrected chi connectivity index (χ4v) is 2.10. The minimum absolute atomic E-state index is 0.0922. The molecule has 1 fully saturated rings. The summed E-state index contributed by atoms with van der Waals surface area (Å²) < 4.78 is 0. The Morgan fingerprint density at radius 3 is 2.53 bits per heavy atom. The van der Waals surface area contributed by atoms with Crippen molar-refractivity contribution in [3.05, 3.63) is 35.4 Å². The first kappa shape index (κ1) is 12.0. The summed E-state index contributed by atoms with van der Waals surface area (Å²) in [5.74, 6) is 0. The van der Waals surface area contributed by atoms with E-state index in [9.17, 15) is 4.79 Å². The van der Waals surface area contributed by atoms with Crippen LogP contribution in [0.3, 0.4) is 0 Å². The maximum Gasteiger partial charge on any atom is 0.317 e. The van der Waals surface area contributed by atoms with Crippen LogP contribution in [0.2, 0.25) is 0 Å². The average Bonchev–Trinajstić information content (AvgIpc) is 2.85. The van der Waals surface area contributed by atoms with E-state index in [4.69, 9.17) is 0 Å². The third-order valence-corrected chi connectivity index (χ3v) is 3.20. The molecule has 1 aromatic carbocycles. The summed E-state index contributed by atoms with van der Waals surface area (Å²) in [7, 11) is 0. The van der Waals surface area contributed by atoms with Gasteiger partial charge < -0.3 is 10.2 Å². The molecule has 1 aliphatic heterocycles. The fourth-order valence-electron chi connectivity index (χ4n) is 2.10. The average molecular weight is 232 g/mol. The Hall–Kier alpha value is -1.51. The Morgan fingerprint density at radius 2 is 1.88 bits per heavy atom. The maximum atomic E-state index is 11.7. The van der Waals surface area contributed by atoms with Crippen molar-refractivity contribution in [1.29, 1.82) is 0 Å². The van der Waals surface area contributed by atoms with Crippen molar-refractivity contribution < 1.29 is 4.79 Å². The molecule has 1 N–H and O–H groups in total. The molecule has 0 aliphatic carbocycles. The molecular weight excluding hydrogens is 212 g/mol. The zero-order valence-electron chi connectivity index (χ0n) is 10.4. The molecule has 2 rings (SSSR count). The molecule has 0 bridgehead atoms. The lowest BCUT2D eigenvalue weighted by molar-refractivity contribution is 0.209. The lowest BCUT2D eigenvalue weighted by Crippen LogP contribution is -2.38. The van der Waals surface area contributed by atoms with Crippen LogP contribution in [0, 0.1) is 6.92 Å². The molecule has 1 heterocycles. The Bertz CT molecular complexity index is 366. The Balaban J connectivity index is 1.72. The smallest absolute Gasteiger partial charge is 0.317 e. The third kappa shape index (κ3) is 3.48. The SMILES string of the molecule is Cc1ccc(CCNC(=O)N2CCCC2)cc1. The summed E-state index contributed by atoms with van der Waals surface area (Å²) in [5.41, 5.74) is 2.55. The summed E-state index contributed by atoms with van der Waals surface area (Å²) in [6.07, 6.45) is 3.19. The van der Waals surface area contributed by atoms with Crippen LogP contribution < -0.4 is 5.32 Å². The van der Waals surface area contributed by atoms with E-state index in [-0.39, 0.29) is 6.03 Å². The Labute approximate surface area is 103 Å². The van der Waals surface area contributed by atoms with E-state index in [0.29, 0.717) is 0 Å². The highest BCUT2D eigenvalue weighted by Gasteiger charge is 2.16. The van der Waals surface area contributed by atoms with Gasteiger partial charge in [-0.2, -0.15) is 0 Å². The van der Waals surface area contributed by atoms with Gasteiger partial charge in [0.1, 0.15) is 0 Å². The first-order chi connectivity index (χ1) is 8.25. The molecule has 3 heteroatoms. The van der Waals surface area contributed by atoms with Gasteiger partial charge >= 0.3 is 6.03 Å². The summed E-state index contributed by atoms with van der Waals surface area (Å²) in [4.78, 5) is 13.6. The molecule has 17 heavy (non-hydrogen) atoms. The van der Waals surface area contributed by atoms with Gasteiger partial charge in [-0.1, -0.05) is 29.8 Å². The minimum atomic E-state index is 0.0922. The lowest BCUT2D eigenvalue weighted by atomic mass is 10.1. The molecule has 0 saturated carbocycles. The van der Waals surface area contributed by atoms with Gasteiger partial charge in [-0.25, -0.2) is 4.79 Å². The van der Waals surface area contributed by atoms with E-state index in [2.05, 4.69) is 36.5 Å². The van der Waals surface area contributed by atoms with Crippen LogP contribution in [0.15, 0.2) is 24.3 Å². The van der Waals surface area contributed by atoms with E-state index in [1.807, 2.05) is 4.90 Å². The number of benzene rings is 1. The largest absolute Gasteiger partial charge is 0.338 e. The molecule has 0 radical (unpaired) electrons. The molecule has 0 spiro atoms. The van der Waals surface area contributed by atoms with Crippen molar-refractivity contribution >= 4 is 6.03 Å². The topological polar surface area (TPSA) is 32.3 Å². The molecule has 0 aromatic heterocycles. The molecule has 1 aliphatic rings. The number of aryl methyl sites for hydroxylation is 1. The molecule has 92 valence electrons. The second kappa shape index (κ2) is 5.71. The number of nitrogens with zero attached hydrogens (tertiary/aromatic N) is 1. The molecule has 3 nitrogen and oxygen atoms in total. The van der Waals surface area contributed by atoms with Crippen LogP contribution in [0.5, 0.6) is 0 Å². The quantitative estimate of drug-likeness (QED) is 0.852. The third-order valence-electron chi connectivity index (χ3n) is 3.20. The Kier molecular flexibility index (Phi) is 4.02. The maximum absolute atomic E-state index is 11.7. The van der Waals surface area contributed by atoms with Crippen molar-refractivity contribution in [2.24, 2.45) is 0 Å². The number of carbonyl (C=O) groups excluding carboxylic acids is 1. The summed E-state index contributed by atoms with van der Waals surface area (Å²) >= 11 is 0. The monoisotopic (exact) mass is 232 g/mol. The van der Waals surface area contributed by atoms with Crippen molar-refractivity contribution in [1.82, 2.24) is 10.2 Å². The van der Waals surface area contributed by atoms with E-state index in [1.54, 1.807) is 0 Å². The zero-order valence-corrected chi connectivity index (χ0v) is 10.4. The highest BCUT2D eigenvalue weighted by Crippen LogP contribution is 2.07. The first-order valence-corrected chi connectivity index (χ1v) is 6.34. The molecule has 1 aromatic rings. The van der Waals surface area contributed by atoms with E-state index in [1.165, 1.54) is 11.1 Å². The minimum Gasteiger partial charge on any atom is -0.338 e. The summed E-state index contributed by atoms with van der Waals surface area (Å²) in [6.45, 7) is 4.63. The highest BCUT2D eigenvalue weighted by atomic mass is 16.2. The van der Waals surface area contributed by atoms with Gasteiger partial charge in [0.15, 0.2) is 0 Å². The normalized spacial score (nSPS) is 15.0. The van der Waals surface area contributed by atoms with E-state index in [0.717, 1.165) is 38.9 Å². The van der Waals surface area contributed by atoms with Crippen molar-refractivity contribution in [3.8, 4) is 0 Å². The standard InChI is InChI=1S/C14H20N2O/c1-12-4-6-13(7-5-12)8-9-15-14(17)16-10-2-3-11-16/h4-7H,2-3,8-11H2,1H3,(H,15,17). The fraction of sp³-hybridized carbons (Fsp3) is 0.500. The molecule has 2 amide bonds. The number of urea groups is 1. The number of hydrogen-bond acceptors (Lipinski definition) is 1. The number of carbonyl (C=O) groups is 1. The first-order valence-electron chi connectivity index (χ1n) is 6.34. The van der Waals surface area contributed by atoms with Crippen LogP contribution in [0.4, 0.5) is 4.79 Å². The molecule has 0 atom stereocenters. The van der Waals surface area contributed by atoms with Crippen LogP contribution in [-0.2, 0) is 6.42 Å². The summed E-state index contributed by atoms with van der Waals surface area (Å²) in [5, 5.41) is 2.97. The van der Waals surface area contributed by atoms with Gasteiger partial charge in [0.25, 0.3) is 0 Å². The predicted molar refractivity (Wildman–Crippen MR) is 69.1 cm³/mol. The molecule has 0 unspecified atom stereocenters. The van der Waals surface area contributed by atoms with Crippen LogP contribution in [-0.4, -0.2) is 30.6 Å². The van der Waals surface area contributed by atoms with Crippen LogP contribution in [0.25, 0.3) is 0 Å². The van der Waals surface area contributed by atoms with Crippen molar-refractivity contribution in [3.63, 3.8) is 0 Å². The summed E-state index contributed by atoms with van der Waals surface area (Å²) in [6, 6.07) is 8.55. The van der Waals surface area contributed by atoms with Gasteiger partial charge in [-0.3, -0.25) is 0 Å². The van der Waals surface area contributed by atoms with Gasteiger partial charge in [0.05, 0.1) is 0 Å². The predicted octanol–water partition coefficient (Wildman–Crippen LogP) is 2.34. The van der Waals surface area contributed by atoms with Gasteiger partial charge in [0, 0.05) is 19.6 Å². The molecule has 1 saturated heterocycles. The highest BCUT2D eigenvalue weighted by molar-refractivity contribution is 5.74. The van der Waals surface area contributed by atoms with Gasteiger partial charge in [-0.05, 0) is 31.7 Å². The second-order valence-electron chi connectivity index (χ2n) is 4.66. The Morgan fingerprint density at radius 1 is 1.24 bits per heavy atom. The van der Waals surface area contributed by atoms with Crippen molar-refractivity contribution in [2.45, 2.75) is 26.2 Å². The van der Waals surface area contributed by atoms with Crippen LogP contribution >= 0.6 is 0 Å². The van der Waals surface area contributed by atoms with Gasteiger partial charge in [-0.15, -0.1) is 0 Å². The lowest BCUT2D eigenvalue weighted by Gasteiger charge is -2.16. The van der Waals surface area contributed by atoms with Crippen molar-refractivity contribution in [2.75, 3.05) is 19.6 Å². The molecular formula is C14H20N2O. The zero-order chi connectivity index (χ0) is 12.1. The van der Waals surface area contributed by atoms with E-state index < -0.39 is 0 Å². The number of rotatable bonds is 3. The number of amides is 2. The van der Waals surface area contributed by atoms with Crippen LogP contribution in [0.1, 0.15) is 24.0 Å².